The second-order valence-electron chi connectivity index (χ2n) is 4.64. The van der Waals surface area contributed by atoms with Crippen LogP contribution in [-0.2, 0) is 4.79 Å². The highest BCUT2D eigenvalue weighted by atomic mass is 16.2. The van der Waals surface area contributed by atoms with Crippen LogP contribution in [0.15, 0.2) is 43.5 Å². The van der Waals surface area contributed by atoms with Crippen molar-refractivity contribution >= 4 is 11.6 Å². The molecule has 1 N–H and O–H groups in total. The lowest BCUT2D eigenvalue weighted by molar-refractivity contribution is -0.117. The van der Waals surface area contributed by atoms with E-state index < -0.39 is 0 Å². The molecule has 1 rings (SSSR count). The SMILES string of the molecule is C=CCN(CC=C)CC(=O)Nc1cc(C)ccc1C. The van der Waals surface area contributed by atoms with Crippen molar-refractivity contribution in [2.75, 3.05) is 25.0 Å². The summed E-state index contributed by atoms with van der Waals surface area (Å²) < 4.78 is 0. The molecule has 1 aromatic rings. The van der Waals surface area contributed by atoms with Crippen LogP contribution in [0.4, 0.5) is 5.69 Å². The first-order chi connectivity index (χ1) is 9.06. The van der Waals surface area contributed by atoms with E-state index in [2.05, 4.69) is 18.5 Å². The number of nitrogens with zero attached hydrogens (tertiary/aromatic N) is 1. The molecule has 0 saturated heterocycles. The summed E-state index contributed by atoms with van der Waals surface area (Å²) >= 11 is 0. The highest BCUT2D eigenvalue weighted by Crippen LogP contribution is 2.16. The molecule has 0 heterocycles. The first kappa shape index (κ1) is 15.2. The summed E-state index contributed by atoms with van der Waals surface area (Å²) in [6.07, 6.45) is 3.57. The Labute approximate surface area is 115 Å². The standard InChI is InChI=1S/C16H22N2O/c1-5-9-18(10-6-2)12-16(19)17-15-11-13(3)7-8-14(15)4/h5-8,11H,1-2,9-10,12H2,3-4H3,(H,17,19). The highest BCUT2D eigenvalue weighted by Gasteiger charge is 2.09. The first-order valence-electron chi connectivity index (χ1n) is 6.38. The van der Waals surface area contributed by atoms with Gasteiger partial charge in [-0.1, -0.05) is 24.3 Å². The normalized spacial score (nSPS) is 10.3. The molecule has 0 fully saturated rings. The molecule has 0 unspecified atom stereocenters. The third-order valence-electron chi connectivity index (χ3n) is 2.81. The van der Waals surface area contributed by atoms with Crippen molar-refractivity contribution in [1.82, 2.24) is 4.90 Å². The number of hydrogen-bond acceptors (Lipinski definition) is 2. The Morgan fingerprint density at radius 2 is 1.89 bits per heavy atom. The molecule has 0 aliphatic heterocycles. The number of nitrogens with one attached hydrogen (secondary N) is 1. The minimum absolute atomic E-state index is 0.0163. The minimum atomic E-state index is -0.0163. The van der Waals surface area contributed by atoms with Gasteiger partial charge >= 0.3 is 0 Å². The van der Waals surface area contributed by atoms with Crippen LogP contribution in [0.1, 0.15) is 11.1 Å². The summed E-state index contributed by atoms with van der Waals surface area (Å²) in [5, 5.41) is 2.95. The van der Waals surface area contributed by atoms with Crippen molar-refractivity contribution in [2.45, 2.75) is 13.8 Å². The molecule has 0 bridgehead atoms. The van der Waals surface area contributed by atoms with Crippen molar-refractivity contribution < 1.29 is 4.79 Å². The second-order valence-corrected chi connectivity index (χ2v) is 4.64. The molecule has 3 nitrogen and oxygen atoms in total. The van der Waals surface area contributed by atoms with E-state index in [1.165, 1.54) is 0 Å². The van der Waals surface area contributed by atoms with Crippen LogP contribution in [0.5, 0.6) is 0 Å². The Hall–Kier alpha value is -1.87. The second kappa shape index (κ2) is 7.54. The smallest absolute Gasteiger partial charge is 0.238 e. The Balaban J connectivity index is 2.65. The fourth-order valence-electron chi connectivity index (χ4n) is 1.83. The summed E-state index contributed by atoms with van der Waals surface area (Å²) in [4.78, 5) is 14.0. The van der Waals surface area contributed by atoms with Crippen molar-refractivity contribution in [1.29, 1.82) is 0 Å². The first-order valence-corrected chi connectivity index (χ1v) is 6.38. The zero-order chi connectivity index (χ0) is 14.3. The van der Waals surface area contributed by atoms with E-state index >= 15 is 0 Å². The van der Waals surface area contributed by atoms with E-state index in [1.54, 1.807) is 12.2 Å². The molecule has 3 heteroatoms. The quantitative estimate of drug-likeness (QED) is 0.763. The van der Waals surface area contributed by atoms with E-state index in [0.29, 0.717) is 19.6 Å². The third-order valence-corrected chi connectivity index (χ3v) is 2.81. The molecule has 0 aromatic heterocycles. The summed E-state index contributed by atoms with van der Waals surface area (Å²) in [6, 6.07) is 6.03. The lowest BCUT2D eigenvalue weighted by Crippen LogP contribution is -2.33. The number of rotatable bonds is 7. The number of amides is 1. The van der Waals surface area contributed by atoms with Gasteiger partial charge in [0, 0.05) is 18.8 Å². The third kappa shape index (κ3) is 5.10. The van der Waals surface area contributed by atoms with Crippen molar-refractivity contribution in [3.8, 4) is 0 Å². The molecule has 0 aliphatic rings. The molecule has 0 radical (unpaired) electrons. The predicted octanol–water partition coefficient (Wildman–Crippen LogP) is 2.92. The molecule has 0 saturated carbocycles. The molecular weight excluding hydrogens is 236 g/mol. The monoisotopic (exact) mass is 258 g/mol. The zero-order valence-electron chi connectivity index (χ0n) is 11.8. The highest BCUT2D eigenvalue weighted by molar-refractivity contribution is 5.93. The topological polar surface area (TPSA) is 32.3 Å². The number of benzene rings is 1. The van der Waals surface area contributed by atoms with Crippen LogP contribution in [0.3, 0.4) is 0 Å². The molecule has 102 valence electrons. The van der Waals surface area contributed by atoms with E-state index in [1.807, 2.05) is 36.9 Å². The maximum absolute atomic E-state index is 12.0. The van der Waals surface area contributed by atoms with Gasteiger partial charge in [-0.15, -0.1) is 13.2 Å². The summed E-state index contributed by atoms with van der Waals surface area (Å²) in [5.74, 6) is -0.0163. The van der Waals surface area contributed by atoms with Crippen molar-refractivity contribution in [3.05, 3.63) is 54.6 Å². The van der Waals surface area contributed by atoms with Crippen LogP contribution >= 0.6 is 0 Å². The predicted molar refractivity (Wildman–Crippen MR) is 81.4 cm³/mol. The molecule has 0 atom stereocenters. The Morgan fingerprint density at radius 3 is 2.47 bits per heavy atom. The average Bonchev–Trinajstić information content (AvgIpc) is 2.34. The maximum atomic E-state index is 12.0. The van der Waals surface area contributed by atoms with Gasteiger partial charge in [0.25, 0.3) is 0 Å². The molecular formula is C16H22N2O. The van der Waals surface area contributed by atoms with E-state index in [4.69, 9.17) is 0 Å². The van der Waals surface area contributed by atoms with Gasteiger partial charge in [0.2, 0.25) is 5.91 Å². The summed E-state index contributed by atoms with van der Waals surface area (Å²) in [7, 11) is 0. The Morgan fingerprint density at radius 1 is 1.26 bits per heavy atom. The van der Waals surface area contributed by atoms with Crippen molar-refractivity contribution in [3.63, 3.8) is 0 Å². The van der Waals surface area contributed by atoms with Gasteiger partial charge < -0.3 is 5.32 Å². The number of aryl methyl sites for hydroxylation is 2. The molecule has 0 spiro atoms. The maximum Gasteiger partial charge on any atom is 0.238 e. The Bertz CT molecular complexity index is 456. The summed E-state index contributed by atoms with van der Waals surface area (Å²) in [5.41, 5.74) is 3.08. The fourth-order valence-corrected chi connectivity index (χ4v) is 1.83. The van der Waals surface area contributed by atoms with Crippen LogP contribution in [0, 0.1) is 13.8 Å². The van der Waals surface area contributed by atoms with Gasteiger partial charge in [0.1, 0.15) is 0 Å². The van der Waals surface area contributed by atoms with Gasteiger partial charge in [-0.3, -0.25) is 9.69 Å². The van der Waals surface area contributed by atoms with Gasteiger partial charge in [0.05, 0.1) is 6.54 Å². The van der Waals surface area contributed by atoms with E-state index in [0.717, 1.165) is 16.8 Å². The largest absolute Gasteiger partial charge is 0.325 e. The molecule has 0 aliphatic carbocycles. The minimum Gasteiger partial charge on any atom is -0.325 e. The molecule has 19 heavy (non-hydrogen) atoms. The lowest BCUT2D eigenvalue weighted by Gasteiger charge is -2.18. The van der Waals surface area contributed by atoms with Crippen LogP contribution in [0.2, 0.25) is 0 Å². The van der Waals surface area contributed by atoms with Gasteiger partial charge in [0.15, 0.2) is 0 Å². The van der Waals surface area contributed by atoms with Crippen LogP contribution in [-0.4, -0.2) is 30.4 Å². The van der Waals surface area contributed by atoms with E-state index in [-0.39, 0.29) is 5.91 Å². The Kier molecular flexibility index (Phi) is 6.03. The van der Waals surface area contributed by atoms with Gasteiger partial charge in [-0.2, -0.15) is 0 Å². The molecule has 1 aromatic carbocycles. The van der Waals surface area contributed by atoms with Crippen LogP contribution in [0.25, 0.3) is 0 Å². The van der Waals surface area contributed by atoms with Crippen LogP contribution < -0.4 is 5.32 Å². The lowest BCUT2D eigenvalue weighted by atomic mass is 10.1. The number of hydrogen-bond donors (Lipinski definition) is 1. The van der Waals surface area contributed by atoms with Crippen molar-refractivity contribution in [2.24, 2.45) is 0 Å². The number of carbonyl (C=O) groups excluding carboxylic acids is 1. The number of carbonyl (C=O) groups is 1. The summed E-state index contributed by atoms with van der Waals surface area (Å²) in [6.45, 7) is 13.1. The van der Waals surface area contributed by atoms with E-state index in [9.17, 15) is 4.79 Å². The average molecular weight is 258 g/mol. The molecule has 1 amide bonds. The zero-order valence-corrected chi connectivity index (χ0v) is 11.8. The van der Waals surface area contributed by atoms with Gasteiger partial charge in [-0.05, 0) is 31.0 Å². The fraction of sp³-hybridized carbons (Fsp3) is 0.312. The number of anilines is 1. The van der Waals surface area contributed by atoms with Gasteiger partial charge in [-0.25, -0.2) is 0 Å².